The molecule has 4 nitrogen and oxygen atoms in total. The molecule has 0 atom stereocenters. The van der Waals surface area contributed by atoms with Crippen LogP contribution < -0.4 is 10.5 Å². The minimum atomic E-state index is -4.56. The van der Waals surface area contributed by atoms with Gasteiger partial charge in [-0.15, -0.1) is 0 Å². The Hall–Kier alpha value is -1.80. The average Bonchev–Trinajstić information content (AvgIpc) is 2.77. The van der Waals surface area contributed by atoms with Gasteiger partial charge >= 0.3 is 6.18 Å². The Bertz CT molecular complexity index is 957. The quantitative estimate of drug-likeness (QED) is 0.480. The lowest BCUT2D eigenvalue weighted by atomic mass is 9.83. The third-order valence-electron chi connectivity index (χ3n) is 6.59. The van der Waals surface area contributed by atoms with Gasteiger partial charge in [-0.2, -0.15) is 13.2 Å². The van der Waals surface area contributed by atoms with Crippen LogP contribution in [0, 0.1) is 13.8 Å². The molecular formula is C25H32ClF3N2O2. The van der Waals surface area contributed by atoms with Crippen molar-refractivity contribution < 1.29 is 23.0 Å². The zero-order valence-corrected chi connectivity index (χ0v) is 19.9. The van der Waals surface area contributed by atoms with Crippen LogP contribution in [0.2, 0.25) is 5.02 Å². The molecule has 0 aromatic heterocycles. The van der Waals surface area contributed by atoms with E-state index in [2.05, 4.69) is 17.9 Å². The van der Waals surface area contributed by atoms with E-state index in [1.165, 1.54) is 23.3 Å². The van der Waals surface area contributed by atoms with Crippen molar-refractivity contribution in [3.05, 3.63) is 63.2 Å². The van der Waals surface area contributed by atoms with Gasteiger partial charge in [0.1, 0.15) is 5.75 Å². The van der Waals surface area contributed by atoms with Crippen LogP contribution in [0.3, 0.4) is 0 Å². The molecule has 1 heterocycles. The summed E-state index contributed by atoms with van der Waals surface area (Å²) in [6.07, 6.45) is -1.99. The highest BCUT2D eigenvalue weighted by Gasteiger charge is 2.38. The normalized spacial score (nSPS) is 16.7. The van der Waals surface area contributed by atoms with E-state index < -0.39 is 17.3 Å². The molecule has 1 aliphatic rings. The molecule has 2 aromatic rings. The number of hydrogen-bond acceptors (Lipinski definition) is 4. The van der Waals surface area contributed by atoms with Gasteiger partial charge in [-0.25, -0.2) is 0 Å². The monoisotopic (exact) mass is 484 g/mol. The van der Waals surface area contributed by atoms with E-state index in [9.17, 15) is 18.3 Å². The van der Waals surface area contributed by atoms with Crippen LogP contribution in [-0.4, -0.2) is 36.2 Å². The Morgan fingerprint density at radius 2 is 1.79 bits per heavy atom. The van der Waals surface area contributed by atoms with Gasteiger partial charge in [0.05, 0.1) is 22.8 Å². The second-order valence-electron chi connectivity index (χ2n) is 8.82. The number of unbranched alkanes of at least 4 members (excludes halogenated alkanes) is 1. The van der Waals surface area contributed by atoms with Crippen LogP contribution in [0.1, 0.15) is 53.5 Å². The molecule has 1 saturated heterocycles. The number of aliphatic hydroxyl groups is 1. The first kappa shape index (κ1) is 25.8. The highest BCUT2D eigenvalue weighted by molar-refractivity contribution is 6.31. The zero-order chi connectivity index (χ0) is 24.2. The summed E-state index contributed by atoms with van der Waals surface area (Å²) in [5, 5.41) is 10.7. The van der Waals surface area contributed by atoms with Gasteiger partial charge in [0.2, 0.25) is 0 Å². The number of rotatable bonds is 8. The summed E-state index contributed by atoms with van der Waals surface area (Å²) in [6.45, 7) is 7.29. The highest BCUT2D eigenvalue weighted by Crippen LogP contribution is 2.40. The number of nitrogens with two attached hydrogens (primary N) is 1. The topological polar surface area (TPSA) is 58.7 Å². The van der Waals surface area contributed by atoms with Crippen LogP contribution in [-0.2, 0) is 18.3 Å². The van der Waals surface area contributed by atoms with Gasteiger partial charge in [-0.3, -0.25) is 4.90 Å². The second-order valence-corrected chi connectivity index (χ2v) is 9.22. The van der Waals surface area contributed by atoms with Crippen molar-refractivity contribution in [1.82, 2.24) is 4.90 Å². The summed E-state index contributed by atoms with van der Waals surface area (Å²) in [4.78, 5) is 2.22. The molecule has 2 aromatic carbocycles. The van der Waals surface area contributed by atoms with Gasteiger partial charge in [-0.1, -0.05) is 23.7 Å². The van der Waals surface area contributed by atoms with Crippen molar-refractivity contribution in [3.8, 4) is 5.75 Å². The van der Waals surface area contributed by atoms with E-state index in [0.717, 1.165) is 30.2 Å². The van der Waals surface area contributed by atoms with E-state index in [4.69, 9.17) is 22.1 Å². The standard InChI is InChI=1S/C25H32ClF3N2O2/c1-17-18(2)23(33-14-4-3-11-30)8-5-19(17)16-31-12-9-24(32,10-13-31)20-6-7-22(26)21(15-20)25(27,28)29/h5-8,15,32H,3-4,9-14,16,30H2,1-2H3. The van der Waals surface area contributed by atoms with E-state index in [1.54, 1.807) is 0 Å². The average molecular weight is 485 g/mol. The lowest BCUT2D eigenvalue weighted by molar-refractivity contribution is -0.137. The number of benzene rings is 2. The zero-order valence-electron chi connectivity index (χ0n) is 19.1. The van der Waals surface area contributed by atoms with Crippen molar-refractivity contribution in [2.75, 3.05) is 26.2 Å². The maximum Gasteiger partial charge on any atom is 0.417 e. The first-order chi connectivity index (χ1) is 15.5. The largest absolute Gasteiger partial charge is 0.493 e. The first-order valence-corrected chi connectivity index (χ1v) is 11.7. The Morgan fingerprint density at radius 1 is 1.09 bits per heavy atom. The Kier molecular flexibility index (Phi) is 8.32. The summed E-state index contributed by atoms with van der Waals surface area (Å²) in [6, 6.07) is 7.75. The summed E-state index contributed by atoms with van der Waals surface area (Å²) >= 11 is 5.74. The Balaban J connectivity index is 1.64. The number of hydrogen-bond donors (Lipinski definition) is 2. The maximum absolute atomic E-state index is 13.2. The van der Waals surface area contributed by atoms with Crippen molar-refractivity contribution in [3.63, 3.8) is 0 Å². The van der Waals surface area contributed by atoms with Crippen molar-refractivity contribution in [1.29, 1.82) is 0 Å². The van der Waals surface area contributed by atoms with E-state index >= 15 is 0 Å². The number of piperidine rings is 1. The number of nitrogens with zero attached hydrogens (tertiary/aromatic N) is 1. The number of halogens is 4. The van der Waals surface area contributed by atoms with Crippen molar-refractivity contribution in [2.24, 2.45) is 5.73 Å². The van der Waals surface area contributed by atoms with Crippen LogP contribution in [0.5, 0.6) is 5.75 Å². The highest BCUT2D eigenvalue weighted by atomic mass is 35.5. The van der Waals surface area contributed by atoms with Gasteiger partial charge in [0.25, 0.3) is 0 Å². The van der Waals surface area contributed by atoms with Crippen LogP contribution in [0.25, 0.3) is 0 Å². The number of likely N-dealkylation sites (tertiary alicyclic amines) is 1. The fraction of sp³-hybridized carbons (Fsp3) is 0.520. The molecule has 33 heavy (non-hydrogen) atoms. The molecule has 0 saturated carbocycles. The third kappa shape index (κ3) is 6.21. The molecule has 1 fully saturated rings. The van der Waals surface area contributed by atoms with Gasteiger partial charge in [0.15, 0.2) is 0 Å². The first-order valence-electron chi connectivity index (χ1n) is 11.3. The van der Waals surface area contributed by atoms with Crippen molar-refractivity contribution >= 4 is 11.6 Å². The van der Waals surface area contributed by atoms with Gasteiger partial charge < -0.3 is 15.6 Å². The molecule has 3 N–H and O–H groups in total. The molecule has 0 unspecified atom stereocenters. The SMILES string of the molecule is Cc1c(CN2CCC(O)(c3ccc(Cl)c(C(F)(F)F)c3)CC2)ccc(OCCCCN)c1C. The minimum absolute atomic E-state index is 0.266. The number of ether oxygens (including phenoxy) is 1. The molecule has 0 spiro atoms. The molecule has 0 amide bonds. The molecule has 0 radical (unpaired) electrons. The van der Waals surface area contributed by atoms with Crippen LogP contribution in [0.4, 0.5) is 13.2 Å². The lowest BCUT2D eigenvalue weighted by Gasteiger charge is -2.39. The molecule has 3 rings (SSSR count). The summed E-state index contributed by atoms with van der Waals surface area (Å²) in [5.41, 5.74) is 7.03. The minimum Gasteiger partial charge on any atom is -0.493 e. The molecular weight excluding hydrogens is 453 g/mol. The van der Waals surface area contributed by atoms with Gasteiger partial charge in [0, 0.05) is 19.6 Å². The summed E-state index contributed by atoms with van der Waals surface area (Å²) < 4.78 is 45.6. The fourth-order valence-corrected chi connectivity index (χ4v) is 4.48. The van der Waals surface area contributed by atoms with E-state index in [1.807, 2.05) is 13.0 Å². The molecule has 1 aliphatic heterocycles. The van der Waals surface area contributed by atoms with Crippen LogP contribution in [0.15, 0.2) is 30.3 Å². The van der Waals surface area contributed by atoms with Crippen molar-refractivity contribution in [2.45, 2.75) is 57.9 Å². The summed E-state index contributed by atoms with van der Waals surface area (Å²) in [7, 11) is 0. The Labute approximate surface area is 198 Å². The molecule has 0 bridgehead atoms. The fourth-order valence-electron chi connectivity index (χ4n) is 4.25. The number of alkyl halides is 3. The Morgan fingerprint density at radius 3 is 2.42 bits per heavy atom. The predicted octanol–water partition coefficient (Wildman–Crippen LogP) is 5.58. The summed E-state index contributed by atoms with van der Waals surface area (Å²) in [5.74, 6) is 0.879. The lowest BCUT2D eigenvalue weighted by Crippen LogP contribution is -2.42. The van der Waals surface area contributed by atoms with E-state index in [-0.39, 0.29) is 10.6 Å². The van der Waals surface area contributed by atoms with Gasteiger partial charge in [-0.05, 0) is 86.5 Å². The molecule has 0 aliphatic carbocycles. The van der Waals surface area contributed by atoms with E-state index in [0.29, 0.717) is 45.6 Å². The third-order valence-corrected chi connectivity index (χ3v) is 6.92. The maximum atomic E-state index is 13.2. The molecule has 182 valence electrons. The predicted molar refractivity (Wildman–Crippen MR) is 125 cm³/mol. The van der Waals surface area contributed by atoms with Crippen LogP contribution >= 0.6 is 11.6 Å². The smallest absolute Gasteiger partial charge is 0.417 e. The molecule has 8 heteroatoms. The second kappa shape index (κ2) is 10.6.